The Bertz CT molecular complexity index is 460. The lowest BCUT2D eigenvalue weighted by Gasteiger charge is -2.17. The summed E-state index contributed by atoms with van der Waals surface area (Å²) in [7, 11) is 0. The number of hydrogen-bond donors (Lipinski definition) is 1. The second-order valence-electron chi connectivity index (χ2n) is 4.68. The Morgan fingerprint density at radius 2 is 1.95 bits per heavy atom. The number of carboxylic acids is 1. The molecule has 1 heterocycles. The van der Waals surface area contributed by atoms with E-state index in [1.54, 1.807) is 19.2 Å². The van der Waals surface area contributed by atoms with Gasteiger partial charge in [-0.1, -0.05) is 13.8 Å². The number of carboxylic acid groups (broad SMARTS) is 1. The standard InChI is InChI=1S/C15H23NO4/c1-4-11(5-2)14-12(15(18)19)7-9-16(14)10-8-13(17)20-6-3/h7,9,11H,4-6,8,10H2,1-3H3,(H,18,19). The molecule has 0 amide bonds. The van der Waals surface area contributed by atoms with Gasteiger partial charge in [0.1, 0.15) is 0 Å². The molecule has 5 heteroatoms. The van der Waals surface area contributed by atoms with Crippen molar-refractivity contribution in [2.75, 3.05) is 6.61 Å². The minimum Gasteiger partial charge on any atom is -0.478 e. The first-order chi connectivity index (χ1) is 9.54. The van der Waals surface area contributed by atoms with Gasteiger partial charge in [-0.05, 0) is 31.7 Å². The average molecular weight is 281 g/mol. The Morgan fingerprint density at radius 1 is 1.30 bits per heavy atom. The zero-order chi connectivity index (χ0) is 15.1. The maximum absolute atomic E-state index is 11.4. The number of carbonyl (C=O) groups excluding carboxylic acids is 1. The highest BCUT2D eigenvalue weighted by atomic mass is 16.5. The number of aryl methyl sites for hydroxylation is 1. The van der Waals surface area contributed by atoms with Gasteiger partial charge < -0.3 is 14.4 Å². The van der Waals surface area contributed by atoms with Gasteiger partial charge in [-0.2, -0.15) is 0 Å². The first kappa shape index (κ1) is 16.3. The van der Waals surface area contributed by atoms with E-state index in [1.807, 2.05) is 18.4 Å². The Kier molecular flexibility index (Phi) is 6.28. The molecular weight excluding hydrogens is 258 g/mol. The molecule has 0 unspecified atom stereocenters. The van der Waals surface area contributed by atoms with E-state index in [2.05, 4.69) is 0 Å². The van der Waals surface area contributed by atoms with E-state index in [4.69, 9.17) is 4.74 Å². The monoisotopic (exact) mass is 281 g/mol. The van der Waals surface area contributed by atoms with Crippen molar-refractivity contribution in [1.82, 2.24) is 4.57 Å². The third kappa shape index (κ3) is 3.85. The van der Waals surface area contributed by atoms with Gasteiger partial charge in [0, 0.05) is 18.4 Å². The second-order valence-corrected chi connectivity index (χ2v) is 4.68. The van der Waals surface area contributed by atoms with Crippen LogP contribution in [0.5, 0.6) is 0 Å². The van der Waals surface area contributed by atoms with Crippen molar-refractivity contribution < 1.29 is 19.4 Å². The highest BCUT2D eigenvalue weighted by molar-refractivity contribution is 5.89. The largest absolute Gasteiger partial charge is 0.478 e. The third-order valence-electron chi connectivity index (χ3n) is 3.47. The normalized spacial score (nSPS) is 10.8. The molecule has 0 aliphatic heterocycles. The Hall–Kier alpha value is -1.78. The number of aromatic nitrogens is 1. The molecule has 0 fully saturated rings. The number of carbonyl (C=O) groups is 2. The summed E-state index contributed by atoms with van der Waals surface area (Å²) in [6.07, 6.45) is 3.76. The lowest BCUT2D eigenvalue weighted by atomic mass is 9.96. The Morgan fingerprint density at radius 3 is 2.45 bits per heavy atom. The number of ether oxygens (including phenoxy) is 1. The third-order valence-corrected chi connectivity index (χ3v) is 3.47. The fraction of sp³-hybridized carbons (Fsp3) is 0.600. The van der Waals surface area contributed by atoms with Crippen molar-refractivity contribution in [3.8, 4) is 0 Å². The van der Waals surface area contributed by atoms with Crippen LogP contribution in [0.15, 0.2) is 12.3 Å². The van der Waals surface area contributed by atoms with Crippen molar-refractivity contribution in [3.05, 3.63) is 23.5 Å². The molecule has 0 aliphatic rings. The second kappa shape index (κ2) is 7.72. The van der Waals surface area contributed by atoms with E-state index < -0.39 is 5.97 Å². The van der Waals surface area contributed by atoms with Gasteiger partial charge in [0.05, 0.1) is 18.6 Å². The molecule has 1 N–H and O–H groups in total. The lowest BCUT2D eigenvalue weighted by Crippen LogP contribution is -2.14. The fourth-order valence-electron chi connectivity index (χ4n) is 2.44. The van der Waals surface area contributed by atoms with Gasteiger partial charge >= 0.3 is 11.9 Å². The lowest BCUT2D eigenvalue weighted by molar-refractivity contribution is -0.143. The predicted octanol–water partition coefficient (Wildman–Crippen LogP) is 3.04. The van der Waals surface area contributed by atoms with Gasteiger partial charge in [-0.15, -0.1) is 0 Å². The molecule has 0 aromatic carbocycles. The van der Waals surface area contributed by atoms with Gasteiger partial charge in [0.15, 0.2) is 0 Å². The van der Waals surface area contributed by atoms with Gasteiger partial charge in [0.2, 0.25) is 0 Å². The first-order valence-electron chi connectivity index (χ1n) is 7.12. The molecule has 0 atom stereocenters. The molecule has 0 aliphatic carbocycles. The molecule has 0 saturated carbocycles. The number of aromatic carboxylic acids is 1. The van der Waals surface area contributed by atoms with E-state index in [1.165, 1.54) is 0 Å². The molecule has 0 bridgehead atoms. The van der Waals surface area contributed by atoms with Crippen LogP contribution in [-0.4, -0.2) is 28.2 Å². The molecule has 1 aromatic heterocycles. The summed E-state index contributed by atoms with van der Waals surface area (Å²) in [5, 5.41) is 9.28. The molecule has 1 aromatic rings. The molecule has 1 rings (SSSR count). The zero-order valence-corrected chi connectivity index (χ0v) is 12.4. The van der Waals surface area contributed by atoms with Crippen molar-refractivity contribution in [3.63, 3.8) is 0 Å². The summed E-state index contributed by atoms with van der Waals surface area (Å²) in [5.41, 5.74) is 1.15. The van der Waals surface area contributed by atoms with Gasteiger partial charge in [0.25, 0.3) is 0 Å². The van der Waals surface area contributed by atoms with E-state index in [9.17, 15) is 14.7 Å². The minimum absolute atomic E-state index is 0.193. The van der Waals surface area contributed by atoms with E-state index in [0.29, 0.717) is 18.7 Å². The van der Waals surface area contributed by atoms with Gasteiger partial charge in [-0.3, -0.25) is 4.79 Å². The molecule has 0 radical (unpaired) electrons. The van der Waals surface area contributed by atoms with Crippen molar-refractivity contribution in [2.24, 2.45) is 0 Å². The summed E-state index contributed by atoms with van der Waals surface area (Å²) in [6.45, 7) is 6.68. The number of hydrogen-bond acceptors (Lipinski definition) is 3. The number of esters is 1. The molecular formula is C15H23NO4. The van der Waals surface area contributed by atoms with Crippen molar-refractivity contribution >= 4 is 11.9 Å². The van der Waals surface area contributed by atoms with E-state index in [-0.39, 0.29) is 18.3 Å². The zero-order valence-electron chi connectivity index (χ0n) is 12.4. The fourth-order valence-corrected chi connectivity index (χ4v) is 2.44. The van der Waals surface area contributed by atoms with Crippen LogP contribution in [0, 0.1) is 0 Å². The summed E-state index contributed by atoms with van der Waals surface area (Å²) in [4.78, 5) is 22.7. The van der Waals surface area contributed by atoms with Crippen LogP contribution in [0.25, 0.3) is 0 Å². The Labute approximate surface area is 119 Å². The topological polar surface area (TPSA) is 68.5 Å². The maximum Gasteiger partial charge on any atom is 0.337 e. The van der Waals surface area contributed by atoms with Crippen LogP contribution < -0.4 is 0 Å². The highest BCUT2D eigenvalue weighted by Gasteiger charge is 2.21. The highest BCUT2D eigenvalue weighted by Crippen LogP contribution is 2.27. The first-order valence-corrected chi connectivity index (χ1v) is 7.12. The van der Waals surface area contributed by atoms with E-state index >= 15 is 0 Å². The van der Waals surface area contributed by atoms with Crippen LogP contribution in [0.3, 0.4) is 0 Å². The summed E-state index contributed by atoms with van der Waals surface area (Å²) in [5.74, 6) is -0.978. The molecule has 112 valence electrons. The number of nitrogens with zero attached hydrogens (tertiary/aromatic N) is 1. The van der Waals surface area contributed by atoms with Crippen LogP contribution in [-0.2, 0) is 16.1 Å². The van der Waals surface area contributed by atoms with Gasteiger partial charge in [-0.25, -0.2) is 4.79 Å². The van der Waals surface area contributed by atoms with Crippen LogP contribution in [0.4, 0.5) is 0 Å². The van der Waals surface area contributed by atoms with Crippen LogP contribution >= 0.6 is 0 Å². The maximum atomic E-state index is 11.4. The molecule has 20 heavy (non-hydrogen) atoms. The quantitative estimate of drug-likeness (QED) is 0.744. The SMILES string of the molecule is CCOC(=O)CCn1ccc(C(=O)O)c1C(CC)CC. The van der Waals surface area contributed by atoms with E-state index in [0.717, 1.165) is 18.5 Å². The summed E-state index contributed by atoms with van der Waals surface area (Å²) < 4.78 is 6.78. The predicted molar refractivity (Wildman–Crippen MR) is 76.0 cm³/mol. The molecule has 0 spiro atoms. The Balaban J connectivity index is 2.95. The summed E-state index contributed by atoms with van der Waals surface area (Å²) >= 11 is 0. The van der Waals surface area contributed by atoms with Crippen LogP contribution in [0.1, 0.15) is 62.0 Å². The summed E-state index contributed by atoms with van der Waals surface area (Å²) in [6, 6.07) is 1.61. The van der Waals surface area contributed by atoms with Crippen molar-refractivity contribution in [1.29, 1.82) is 0 Å². The van der Waals surface area contributed by atoms with Crippen LogP contribution in [0.2, 0.25) is 0 Å². The molecule has 5 nitrogen and oxygen atoms in total. The minimum atomic E-state index is -0.915. The number of rotatable bonds is 8. The average Bonchev–Trinajstić information content (AvgIpc) is 2.82. The smallest absolute Gasteiger partial charge is 0.337 e. The molecule has 0 saturated heterocycles. The van der Waals surface area contributed by atoms with Crippen molar-refractivity contribution in [2.45, 2.75) is 52.5 Å².